The fourth-order valence-electron chi connectivity index (χ4n) is 2.08. The number of fused-ring (bicyclic) bond motifs is 1. The van der Waals surface area contributed by atoms with Crippen LogP contribution in [0.5, 0.6) is 0 Å². The summed E-state index contributed by atoms with van der Waals surface area (Å²) in [5.41, 5.74) is 2.13. The highest BCUT2D eigenvalue weighted by atomic mass is 16.5. The molecule has 6 nitrogen and oxygen atoms in total. The van der Waals surface area contributed by atoms with E-state index in [-0.39, 0.29) is 12.5 Å². The number of rotatable bonds is 7. The highest BCUT2D eigenvalue weighted by Gasteiger charge is 2.16. The minimum absolute atomic E-state index is 0.0263. The number of benzene rings is 1. The van der Waals surface area contributed by atoms with Crippen molar-refractivity contribution in [3.05, 3.63) is 36.0 Å². The minimum Gasteiger partial charge on any atom is -0.479 e. The molecule has 0 saturated carbocycles. The van der Waals surface area contributed by atoms with Gasteiger partial charge in [-0.2, -0.15) is 0 Å². The molecule has 0 spiro atoms. The van der Waals surface area contributed by atoms with Gasteiger partial charge in [0.1, 0.15) is 0 Å². The molecule has 0 saturated heterocycles. The molecule has 1 amide bonds. The molecule has 1 unspecified atom stereocenters. The average molecular weight is 290 g/mol. The molecule has 1 aromatic heterocycles. The van der Waals surface area contributed by atoms with Crippen LogP contribution in [0.2, 0.25) is 0 Å². The van der Waals surface area contributed by atoms with Crippen LogP contribution in [-0.4, -0.2) is 41.7 Å². The first-order valence-electron chi connectivity index (χ1n) is 6.68. The first-order chi connectivity index (χ1) is 10.1. The van der Waals surface area contributed by atoms with Gasteiger partial charge in [0.05, 0.1) is 6.54 Å². The number of carboxylic acid groups (broad SMARTS) is 1. The Labute approximate surface area is 122 Å². The summed E-state index contributed by atoms with van der Waals surface area (Å²) < 4.78 is 4.75. The van der Waals surface area contributed by atoms with E-state index in [2.05, 4.69) is 10.3 Å². The number of aliphatic carboxylic acids is 1. The largest absolute Gasteiger partial charge is 0.479 e. The highest BCUT2D eigenvalue weighted by Crippen LogP contribution is 2.15. The Morgan fingerprint density at radius 3 is 2.90 bits per heavy atom. The lowest BCUT2D eigenvalue weighted by Gasteiger charge is -2.11. The molecule has 2 aromatic rings. The Hall–Kier alpha value is -2.34. The zero-order valence-corrected chi connectivity index (χ0v) is 11.8. The number of aryl methyl sites for hydroxylation is 1. The summed E-state index contributed by atoms with van der Waals surface area (Å²) in [4.78, 5) is 25.6. The topological polar surface area (TPSA) is 91.4 Å². The summed E-state index contributed by atoms with van der Waals surface area (Å²) in [6.07, 6.45) is 1.78. The second-order valence-corrected chi connectivity index (χ2v) is 4.77. The number of aromatic nitrogens is 1. The third-order valence-electron chi connectivity index (χ3n) is 3.30. The van der Waals surface area contributed by atoms with Crippen molar-refractivity contribution in [1.29, 1.82) is 0 Å². The van der Waals surface area contributed by atoms with Crippen LogP contribution in [0, 0.1) is 0 Å². The molecule has 0 fully saturated rings. The van der Waals surface area contributed by atoms with Crippen molar-refractivity contribution in [3.63, 3.8) is 0 Å². The molecular formula is C15H18N2O4. The van der Waals surface area contributed by atoms with E-state index in [9.17, 15) is 9.59 Å². The van der Waals surface area contributed by atoms with Gasteiger partial charge in [0, 0.05) is 25.2 Å². The second-order valence-electron chi connectivity index (χ2n) is 4.77. The van der Waals surface area contributed by atoms with Crippen LogP contribution in [0.1, 0.15) is 12.0 Å². The maximum absolute atomic E-state index is 11.7. The third-order valence-corrected chi connectivity index (χ3v) is 3.30. The van der Waals surface area contributed by atoms with Gasteiger partial charge in [-0.3, -0.25) is 4.79 Å². The van der Waals surface area contributed by atoms with Crippen molar-refractivity contribution in [2.24, 2.45) is 0 Å². The van der Waals surface area contributed by atoms with E-state index >= 15 is 0 Å². The van der Waals surface area contributed by atoms with E-state index in [0.29, 0.717) is 12.8 Å². The molecule has 0 aliphatic carbocycles. The van der Waals surface area contributed by atoms with Crippen molar-refractivity contribution in [2.45, 2.75) is 18.9 Å². The number of amides is 1. The molecule has 1 atom stereocenters. The molecule has 112 valence electrons. The molecule has 1 aromatic carbocycles. The zero-order valence-electron chi connectivity index (χ0n) is 11.8. The van der Waals surface area contributed by atoms with Gasteiger partial charge < -0.3 is 20.1 Å². The van der Waals surface area contributed by atoms with E-state index in [1.807, 2.05) is 30.5 Å². The van der Waals surface area contributed by atoms with Gasteiger partial charge in [0.25, 0.3) is 0 Å². The molecule has 2 rings (SSSR count). The lowest BCUT2D eigenvalue weighted by Crippen LogP contribution is -2.37. The van der Waals surface area contributed by atoms with Gasteiger partial charge in [-0.1, -0.05) is 6.07 Å². The predicted molar refractivity (Wildman–Crippen MR) is 78.1 cm³/mol. The number of ether oxygens (including phenoxy) is 1. The van der Waals surface area contributed by atoms with E-state index in [1.165, 1.54) is 7.11 Å². The first kappa shape index (κ1) is 15.1. The Bertz CT molecular complexity index is 635. The van der Waals surface area contributed by atoms with Crippen molar-refractivity contribution in [3.8, 4) is 0 Å². The van der Waals surface area contributed by atoms with Crippen molar-refractivity contribution in [2.75, 3.05) is 13.7 Å². The van der Waals surface area contributed by atoms with Crippen LogP contribution in [0.3, 0.4) is 0 Å². The number of hydrogen-bond donors (Lipinski definition) is 3. The second kappa shape index (κ2) is 6.90. The van der Waals surface area contributed by atoms with E-state index in [1.54, 1.807) is 0 Å². The van der Waals surface area contributed by atoms with E-state index < -0.39 is 12.1 Å². The molecule has 1 heterocycles. The highest BCUT2D eigenvalue weighted by molar-refractivity contribution is 5.81. The number of aromatic amines is 1. The molecular weight excluding hydrogens is 272 g/mol. The Kier molecular flexibility index (Phi) is 4.94. The molecule has 0 aliphatic heterocycles. The van der Waals surface area contributed by atoms with Crippen molar-refractivity contribution >= 4 is 22.8 Å². The lowest BCUT2D eigenvalue weighted by molar-refractivity contribution is -0.148. The zero-order chi connectivity index (χ0) is 15.2. The molecule has 21 heavy (non-hydrogen) atoms. The van der Waals surface area contributed by atoms with Crippen LogP contribution >= 0.6 is 0 Å². The minimum atomic E-state index is -1.09. The fraction of sp³-hybridized carbons (Fsp3) is 0.333. The van der Waals surface area contributed by atoms with Crippen molar-refractivity contribution < 1.29 is 19.4 Å². The average Bonchev–Trinajstić information content (AvgIpc) is 2.92. The van der Waals surface area contributed by atoms with E-state index in [4.69, 9.17) is 9.84 Å². The lowest BCUT2D eigenvalue weighted by atomic mass is 10.1. The van der Waals surface area contributed by atoms with Crippen LogP contribution in [0.4, 0.5) is 0 Å². The quantitative estimate of drug-likeness (QED) is 0.717. The predicted octanol–water partition coefficient (Wildman–Crippen LogP) is 1.32. The Balaban J connectivity index is 1.81. The van der Waals surface area contributed by atoms with Gasteiger partial charge in [0.15, 0.2) is 6.10 Å². The molecule has 0 radical (unpaired) electrons. The number of methoxy groups -OCH3 is 1. The van der Waals surface area contributed by atoms with E-state index in [0.717, 1.165) is 16.5 Å². The maximum atomic E-state index is 11.7. The Morgan fingerprint density at radius 1 is 1.38 bits per heavy atom. The number of carbonyl (C=O) groups is 2. The van der Waals surface area contributed by atoms with Crippen LogP contribution in [-0.2, 0) is 20.7 Å². The molecule has 0 aliphatic rings. The van der Waals surface area contributed by atoms with Gasteiger partial charge in [-0.25, -0.2) is 4.79 Å². The first-order valence-corrected chi connectivity index (χ1v) is 6.68. The number of hydrogen-bond acceptors (Lipinski definition) is 3. The number of nitrogens with one attached hydrogen (secondary N) is 2. The third kappa shape index (κ3) is 4.06. The van der Waals surface area contributed by atoms with Gasteiger partial charge in [-0.15, -0.1) is 0 Å². The molecule has 6 heteroatoms. The SMILES string of the molecule is COC(CNC(=O)CCc1ccc2[nH]ccc2c1)C(=O)O. The number of H-pyrrole nitrogens is 1. The fourth-order valence-corrected chi connectivity index (χ4v) is 2.08. The molecule has 3 N–H and O–H groups in total. The van der Waals surface area contributed by atoms with Gasteiger partial charge >= 0.3 is 5.97 Å². The summed E-state index contributed by atoms with van der Waals surface area (Å²) in [5.74, 6) is -1.27. The monoisotopic (exact) mass is 290 g/mol. The van der Waals surface area contributed by atoms with Crippen LogP contribution in [0.15, 0.2) is 30.5 Å². The van der Waals surface area contributed by atoms with Crippen LogP contribution < -0.4 is 5.32 Å². The van der Waals surface area contributed by atoms with Crippen molar-refractivity contribution in [1.82, 2.24) is 10.3 Å². The summed E-state index contributed by atoms with van der Waals surface area (Å²) in [5, 5.41) is 12.5. The molecule has 0 bridgehead atoms. The maximum Gasteiger partial charge on any atom is 0.334 e. The summed E-state index contributed by atoms with van der Waals surface area (Å²) in [6, 6.07) is 7.97. The number of carboxylic acids is 1. The standard InChI is InChI=1S/C15H18N2O4/c1-21-13(15(19)20)9-17-14(18)5-3-10-2-4-12-11(8-10)6-7-16-12/h2,4,6-8,13,16H,3,5,9H2,1H3,(H,17,18)(H,19,20). The number of carbonyl (C=O) groups excluding carboxylic acids is 1. The summed E-state index contributed by atoms with van der Waals surface area (Å²) >= 11 is 0. The van der Waals surface area contributed by atoms with Gasteiger partial charge in [0.2, 0.25) is 5.91 Å². The summed E-state index contributed by atoms with van der Waals surface area (Å²) in [7, 11) is 1.30. The normalized spacial score (nSPS) is 12.2. The Morgan fingerprint density at radius 2 is 2.19 bits per heavy atom. The smallest absolute Gasteiger partial charge is 0.334 e. The summed E-state index contributed by atoms with van der Waals surface area (Å²) in [6.45, 7) is -0.0263. The van der Waals surface area contributed by atoms with Crippen LogP contribution in [0.25, 0.3) is 10.9 Å². The van der Waals surface area contributed by atoms with Gasteiger partial charge in [-0.05, 0) is 35.6 Å².